The molecule has 106 valence electrons. The molecule has 2 aromatic rings. The first-order valence-corrected chi connectivity index (χ1v) is 7.26. The maximum absolute atomic E-state index is 5.94. The maximum Gasteiger partial charge on any atom is 0.187 e. The van der Waals surface area contributed by atoms with Gasteiger partial charge in [0.25, 0.3) is 0 Å². The maximum atomic E-state index is 5.94. The van der Waals surface area contributed by atoms with E-state index in [4.69, 9.17) is 29.6 Å². The van der Waals surface area contributed by atoms with Crippen molar-refractivity contribution >= 4 is 34.6 Å². The highest BCUT2D eigenvalue weighted by Crippen LogP contribution is 2.32. The minimum absolute atomic E-state index is 0.00465. The van der Waals surface area contributed by atoms with Crippen LogP contribution in [0.2, 0.25) is 5.02 Å². The minimum atomic E-state index is -0.00465. The van der Waals surface area contributed by atoms with Crippen LogP contribution in [0.1, 0.15) is 23.6 Å². The van der Waals surface area contributed by atoms with Gasteiger partial charge < -0.3 is 5.73 Å². The largest absolute Gasteiger partial charge is 0.375 e. The molecule has 0 amide bonds. The van der Waals surface area contributed by atoms with Crippen LogP contribution in [-0.4, -0.2) is 20.8 Å². The van der Waals surface area contributed by atoms with E-state index < -0.39 is 0 Å². The van der Waals surface area contributed by atoms with Crippen molar-refractivity contribution in [2.75, 3.05) is 0 Å². The Bertz CT molecular complexity index is 685. The molecule has 4 nitrogen and oxygen atoms in total. The van der Waals surface area contributed by atoms with Gasteiger partial charge in [-0.1, -0.05) is 29.8 Å². The number of aromatic nitrogens is 1. The van der Waals surface area contributed by atoms with E-state index in [0.29, 0.717) is 5.02 Å². The van der Waals surface area contributed by atoms with Crippen molar-refractivity contribution in [3.8, 4) is 0 Å². The standard InChI is InChI=1S/C15H13ClN4S/c16-12-5-3-10(4-6-12)14-8-13(19-20(14)15(17)21)11-2-1-7-18-9-11/h1-7,9,14H,8H2,(H2,17,21)/t14-/m0/s1. The molecule has 0 bridgehead atoms. The minimum Gasteiger partial charge on any atom is -0.375 e. The Hall–Kier alpha value is -1.98. The van der Waals surface area contributed by atoms with Crippen LogP contribution in [0.4, 0.5) is 0 Å². The number of hydrazone groups is 1. The summed E-state index contributed by atoms with van der Waals surface area (Å²) in [4.78, 5) is 4.13. The first-order valence-electron chi connectivity index (χ1n) is 6.47. The van der Waals surface area contributed by atoms with Crippen LogP contribution in [0, 0.1) is 0 Å². The Labute approximate surface area is 133 Å². The van der Waals surface area contributed by atoms with E-state index in [1.807, 2.05) is 36.4 Å². The number of hydrogen-bond acceptors (Lipinski definition) is 3. The summed E-state index contributed by atoms with van der Waals surface area (Å²) in [6.45, 7) is 0. The molecule has 1 aliphatic rings. The fourth-order valence-corrected chi connectivity index (χ4v) is 2.66. The van der Waals surface area contributed by atoms with Crippen molar-refractivity contribution in [1.29, 1.82) is 0 Å². The van der Waals surface area contributed by atoms with Gasteiger partial charge in [-0.05, 0) is 36.0 Å². The van der Waals surface area contributed by atoms with E-state index in [-0.39, 0.29) is 11.2 Å². The quantitative estimate of drug-likeness (QED) is 0.865. The molecule has 0 radical (unpaired) electrons. The third-order valence-electron chi connectivity index (χ3n) is 3.39. The predicted octanol–water partition coefficient (Wildman–Crippen LogP) is 3.13. The zero-order valence-electron chi connectivity index (χ0n) is 11.1. The number of benzene rings is 1. The summed E-state index contributed by atoms with van der Waals surface area (Å²) in [5.74, 6) is 0. The lowest BCUT2D eigenvalue weighted by Gasteiger charge is -2.21. The normalized spacial score (nSPS) is 17.7. The van der Waals surface area contributed by atoms with E-state index in [0.717, 1.165) is 23.3 Å². The third-order valence-corrected chi connectivity index (χ3v) is 3.82. The van der Waals surface area contributed by atoms with E-state index in [2.05, 4.69) is 10.1 Å². The van der Waals surface area contributed by atoms with Gasteiger partial charge in [0.05, 0.1) is 11.8 Å². The monoisotopic (exact) mass is 316 g/mol. The predicted molar refractivity (Wildman–Crippen MR) is 88.2 cm³/mol. The van der Waals surface area contributed by atoms with Crippen LogP contribution < -0.4 is 5.73 Å². The number of thiocarbonyl (C=S) groups is 1. The highest BCUT2D eigenvalue weighted by Gasteiger charge is 2.30. The third kappa shape index (κ3) is 2.89. The number of rotatable bonds is 2. The number of nitrogens with two attached hydrogens (primary N) is 1. The molecule has 21 heavy (non-hydrogen) atoms. The van der Waals surface area contributed by atoms with Gasteiger partial charge in [-0.3, -0.25) is 4.98 Å². The molecule has 1 aromatic carbocycles. The fraction of sp³-hybridized carbons (Fsp3) is 0.133. The van der Waals surface area contributed by atoms with Crippen LogP contribution in [-0.2, 0) is 0 Å². The van der Waals surface area contributed by atoms with E-state index in [9.17, 15) is 0 Å². The van der Waals surface area contributed by atoms with Gasteiger partial charge in [-0.2, -0.15) is 5.10 Å². The summed E-state index contributed by atoms with van der Waals surface area (Å²) < 4.78 is 0. The van der Waals surface area contributed by atoms with Crippen LogP contribution >= 0.6 is 23.8 Å². The molecule has 2 heterocycles. The number of halogens is 1. The number of hydrogen-bond donors (Lipinski definition) is 1. The molecule has 0 saturated heterocycles. The molecular weight excluding hydrogens is 304 g/mol. The Morgan fingerprint density at radius 3 is 2.67 bits per heavy atom. The van der Waals surface area contributed by atoms with Gasteiger partial charge in [0.15, 0.2) is 5.11 Å². The van der Waals surface area contributed by atoms with Crippen molar-refractivity contribution in [2.45, 2.75) is 12.5 Å². The Balaban J connectivity index is 1.93. The first-order chi connectivity index (χ1) is 10.1. The van der Waals surface area contributed by atoms with E-state index >= 15 is 0 Å². The van der Waals surface area contributed by atoms with Gasteiger partial charge in [-0.15, -0.1) is 0 Å². The molecule has 3 rings (SSSR count). The van der Waals surface area contributed by atoms with Gasteiger partial charge in [0.2, 0.25) is 0 Å². The van der Waals surface area contributed by atoms with Crippen LogP contribution in [0.15, 0.2) is 53.9 Å². The lowest BCUT2D eigenvalue weighted by molar-refractivity contribution is 0.373. The summed E-state index contributed by atoms with van der Waals surface area (Å²) in [6.07, 6.45) is 4.26. The molecule has 2 N–H and O–H groups in total. The Kier molecular flexibility index (Phi) is 3.86. The topological polar surface area (TPSA) is 54.5 Å². The second-order valence-corrected chi connectivity index (χ2v) is 5.60. The smallest absolute Gasteiger partial charge is 0.187 e. The molecule has 0 saturated carbocycles. The summed E-state index contributed by atoms with van der Waals surface area (Å²) in [6, 6.07) is 11.5. The zero-order chi connectivity index (χ0) is 14.8. The number of pyridine rings is 1. The second kappa shape index (κ2) is 5.79. The highest BCUT2D eigenvalue weighted by atomic mass is 35.5. The van der Waals surface area contributed by atoms with Crippen molar-refractivity contribution in [1.82, 2.24) is 9.99 Å². The zero-order valence-corrected chi connectivity index (χ0v) is 12.7. The molecular formula is C15H13ClN4S. The van der Waals surface area contributed by atoms with Crippen molar-refractivity contribution < 1.29 is 0 Å². The van der Waals surface area contributed by atoms with Crippen LogP contribution in [0.5, 0.6) is 0 Å². The van der Waals surface area contributed by atoms with Crippen molar-refractivity contribution in [3.05, 3.63) is 64.9 Å². The molecule has 1 atom stereocenters. The summed E-state index contributed by atoms with van der Waals surface area (Å²) in [5, 5.41) is 7.19. The molecule has 6 heteroatoms. The molecule has 1 aromatic heterocycles. The highest BCUT2D eigenvalue weighted by molar-refractivity contribution is 7.80. The van der Waals surface area contributed by atoms with E-state index in [1.54, 1.807) is 17.4 Å². The summed E-state index contributed by atoms with van der Waals surface area (Å²) >= 11 is 11.1. The molecule has 1 aliphatic heterocycles. The first kappa shape index (κ1) is 14.0. The lowest BCUT2D eigenvalue weighted by atomic mass is 9.99. The van der Waals surface area contributed by atoms with Gasteiger partial charge in [0.1, 0.15) is 0 Å². The Morgan fingerprint density at radius 1 is 1.29 bits per heavy atom. The Morgan fingerprint density at radius 2 is 2.05 bits per heavy atom. The average Bonchev–Trinajstić information content (AvgIpc) is 2.94. The van der Waals surface area contributed by atoms with Crippen LogP contribution in [0.25, 0.3) is 0 Å². The summed E-state index contributed by atoms with van der Waals surface area (Å²) in [7, 11) is 0. The van der Waals surface area contributed by atoms with E-state index in [1.165, 1.54) is 0 Å². The average molecular weight is 317 g/mol. The van der Waals surface area contributed by atoms with Gasteiger partial charge in [-0.25, -0.2) is 5.01 Å². The number of nitrogens with zero attached hydrogens (tertiary/aromatic N) is 3. The molecule has 0 unspecified atom stereocenters. The van der Waals surface area contributed by atoms with Crippen molar-refractivity contribution in [2.24, 2.45) is 10.8 Å². The van der Waals surface area contributed by atoms with Crippen molar-refractivity contribution in [3.63, 3.8) is 0 Å². The molecule has 0 aliphatic carbocycles. The molecule has 0 fully saturated rings. The summed E-state index contributed by atoms with van der Waals surface area (Å²) in [5.41, 5.74) is 8.79. The fourth-order valence-electron chi connectivity index (χ4n) is 2.37. The lowest BCUT2D eigenvalue weighted by Crippen LogP contribution is -2.31. The van der Waals surface area contributed by atoms with Gasteiger partial charge in [0, 0.05) is 29.4 Å². The van der Waals surface area contributed by atoms with Gasteiger partial charge >= 0.3 is 0 Å². The van der Waals surface area contributed by atoms with Crippen LogP contribution in [0.3, 0.4) is 0 Å². The molecule has 0 spiro atoms. The SMILES string of the molecule is NC(=S)N1N=C(c2cccnc2)C[C@H]1c1ccc(Cl)cc1. The second-order valence-electron chi connectivity index (χ2n) is 4.74.